The molecule has 0 atom stereocenters. The molecule has 6 heteroatoms. The summed E-state index contributed by atoms with van der Waals surface area (Å²) < 4.78 is 5.43. The van der Waals surface area contributed by atoms with Crippen LogP contribution in [0, 0.1) is 0 Å². The number of nitrogen functional groups attached to an aromatic ring is 1. The van der Waals surface area contributed by atoms with Crippen LogP contribution in [0.3, 0.4) is 0 Å². The Morgan fingerprint density at radius 2 is 1.94 bits per heavy atom. The molecule has 0 fully saturated rings. The number of pyridine rings is 1. The van der Waals surface area contributed by atoms with Gasteiger partial charge in [-0.05, 0) is 39.8 Å². The first kappa shape index (κ1) is 14.0. The molecule has 0 amide bonds. The molecular weight excluding hydrogens is 219 g/mol. The molecule has 0 saturated carbocycles. The summed E-state index contributed by atoms with van der Waals surface area (Å²) in [5, 5.41) is 19.8. The molecule has 0 unspecified atom stereocenters. The molecule has 0 saturated heterocycles. The zero-order valence-electron chi connectivity index (χ0n) is 10.6. The Kier molecular flexibility index (Phi) is 3.81. The van der Waals surface area contributed by atoms with Crippen molar-refractivity contribution in [2.24, 2.45) is 0 Å². The second-order valence-electron chi connectivity index (χ2n) is 5.05. The molecule has 0 radical (unpaired) electrons. The maximum absolute atomic E-state index is 9.91. The van der Waals surface area contributed by atoms with Crippen molar-refractivity contribution >= 4 is 18.4 Å². The van der Waals surface area contributed by atoms with Gasteiger partial charge in [-0.1, -0.05) is 0 Å². The lowest BCUT2D eigenvalue weighted by Crippen LogP contribution is -2.53. The van der Waals surface area contributed by atoms with E-state index in [2.05, 4.69) is 4.98 Å². The predicted octanol–water partition coefficient (Wildman–Crippen LogP) is -0.0826. The highest BCUT2D eigenvalue weighted by atomic mass is 16.5. The van der Waals surface area contributed by atoms with E-state index in [9.17, 15) is 10.1 Å². The SMILES string of the molecule is CC(C)(O)C(C)(C)OB(O)c1cc(N)ccn1. The van der Waals surface area contributed by atoms with Crippen LogP contribution >= 0.6 is 0 Å². The quantitative estimate of drug-likeness (QED) is 0.638. The number of nitrogens with zero attached hydrogens (tertiary/aromatic N) is 1. The fraction of sp³-hybridized carbons (Fsp3) is 0.545. The Balaban J connectivity index is 2.83. The summed E-state index contributed by atoms with van der Waals surface area (Å²) in [7, 11) is -1.22. The van der Waals surface area contributed by atoms with Crippen molar-refractivity contribution < 1.29 is 14.8 Å². The van der Waals surface area contributed by atoms with E-state index in [1.807, 2.05) is 0 Å². The zero-order chi connectivity index (χ0) is 13.3. The molecule has 5 nitrogen and oxygen atoms in total. The van der Waals surface area contributed by atoms with Crippen molar-refractivity contribution in [3.8, 4) is 0 Å². The largest absolute Gasteiger partial charge is 0.511 e. The number of aliphatic hydroxyl groups is 1. The van der Waals surface area contributed by atoms with Gasteiger partial charge in [0, 0.05) is 11.9 Å². The molecule has 0 spiro atoms. The van der Waals surface area contributed by atoms with Crippen molar-refractivity contribution in [1.29, 1.82) is 0 Å². The fourth-order valence-corrected chi connectivity index (χ4v) is 1.08. The van der Waals surface area contributed by atoms with Crippen molar-refractivity contribution in [3.05, 3.63) is 18.3 Å². The van der Waals surface area contributed by atoms with Gasteiger partial charge in [0.15, 0.2) is 0 Å². The van der Waals surface area contributed by atoms with E-state index in [4.69, 9.17) is 10.4 Å². The maximum Gasteiger partial charge on any atom is 0.511 e. The van der Waals surface area contributed by atoms with Gasteiger partial charge in [-0.2, -0.15) is 0 Å². The van der Waals surface area contributed by atoms with Crippen LogP contribution in [-0.4, -0.2) is 33.4 Å². The Hall–Kier alpha value is -1.11. The van der Waals surface area contributed by atoms with Crippen LogP contribution < -0.4 is 11.3 Å². The van der Waals surface area contributed by atoms with Crippen LogP contribution in [0.25, 0.3) is 0 Å². The van der Waals surface area contributed by atoms with Crippen LogP contribution in [0.1, 0.15) is 27.7 Å². The van der Waals surface area contributed by atoms with Crippen molar-refractivity contribution in [2.75, 3.05) is 5.73 Å². The van der Waals surface area contributed by atoms with E-state index in [1.54, 1.807) is 33.8 Å². The molecule has 1 rings (SSSR count). The zero-order valence-corrected chi connectivity index (χ0v) is 10.6. The molecule has 0 bridgehead atoms. The molecule has 0 aliphatic heterocycles. The molecule has 4 N–H and O–H groups in total. The third-order valence-electron chi connectivity index (χ3n) is 2.94. The van der Waals surface area contributed by atoms with Gasteiger partial charge in [0.2, 0.25) is 0 Å². The van der Waals surface area contributed by atoms with Gasteiger partial charge in [0.05, 0.1) is 16.8 Å². The average molecular weight is 238 g/mol. The van der Waals surface area contributed by atoms with Gasteiger partial charge >= 0.3 is 7.12 Å². The van der Waals surface area contributed by atoms with Crippen LogP contribution in [0.2, 0.25) is 0 Å². The predicted molar refractivity (Wildman–Crippen MR) is 67.7 cm³/mol. The monoisotopic (exact) mass is 238 g/mol. The molecule has 0 aliphatic carbocycles. The summed E-state index contributed by atoms with van der Waals surface area (Å²) in [5.41, 5.74) is 4.40. The Labute approximate surface area is 102 Å². The second-order valence-corrected chi connectivity index (χ2v) is 5.05. The third-order valence-corrected chi connectivity index (χ3v) is 2.94. The van der Waals surface area contributed by atoms with E-state index in [0.29, 0.717) is 11.3 Å². The minimum atomic E-state index is -1.22. The van der Waals surface area contributed by atoms with E-state index >= 15 is 0 Å². The third kappa shape index (κ3) is 3.42. The molecule has 1 aromatic heterocycles. The number of nitrogens with two attached hydrogens (primary N) is 1. The number of anilines is 1. The Morgan fingerprint density at radius 3 is 2.41 bits per heavy atom. The minimum absolute atomic E-state index is 0.322. The topological polar surface area (TPSA) is 88.6 Å². The highest BCUT2D eigenvalue weighted by molar-refractivity contribution is 6.59. The standard InChI is InChI=1S/C11H19BN2O3/c1-10(2,15)11(3,4)17-12(16)9-7-8(13)5-6-14-9/h5-7,15-16H,1-4H3,(H2,13,14). The maximum atomic E-state index is 9.91. The van der Waals surface area contributed by atoms with Gasteiger partial charge in [0.1, 0.15) is 0 Å². The summed E-state index contributed by atoms with van der Waals surface area (Å²) in [6, 6.07) is 3.16. The van der Waals surface area contributed by atoms with Gasteiger partial charge < -0.3 is 20.5 Å². The van der Waals surface area contributed by atoms with Gasteiger partial charge in [-0.3, -0.25) is 4.98 Å². The molecule has 1 heterocycles. The Bertz CT molecular complexity index is 391. The summed E-state index contributed by atoms with van der Waals surface area (Å²) in [6.07, 6.45) is 1.49. The lowest BCUT2D eigenvalue weighted by atomic mass is 9.80. The summed E-state index contributed by atoms with van der Waals surface area (Å²) >= 11 is 0. The number of aromatic nitrogens is 1. The first-order chi connectivity index (χ1) is 7.63. The fourth-order valence-electron chi connectivity index (χ4n) is 1.08. The summed E-state index contributed by atoms with van der Waals surface area (Å²) in [4.78, 5) is 3.97. The molecule has 94 valence electrons. The molecule has 0 aliphatic rings. The number of rotatable bonds is 4. The normalized spacial score (nSPS) is 12.6. The highest BCUT2D eigenvalue weighted by Crippen LogP contribution is 2.25. The molecule has 1 aromatic rings. The Morgan fingerprint density at radius 1 is 1.35 bits per heavy atom. The van der Waals surface area contributed by atoms with Gasteiger partial charge in [0.25, 0.3) is 0 Å². The number of hydrogen-bond donors (Lipinski definition) is 3. The first-order valence-corrected chi connectivity index (χ1v) is 5.43. The molecule has 17 heavy (non-hydrogen) atoms. The van der Waals surface area contributed by atoms with Crippen molar-refractivity contribution in [3.63, 3.8) is 0 Å². The van der Waals surface area contributed by atoms with Crippen molar-refractivity contribution in [2.45, 2.75) is 38.9 Å². The van der Waals surface area contributed by atoms with Gasteiger partial charge in [-0.25, -0.2) is 0 Å². The van der Waals surface area contributed by atoms with E-state index in [1.165, 1.54) is 12.3 Å². The van der Waals surface area contributed by atoms with Crippen LogP contribution in [0.15, 0.2) is 18.3 Å². The van der Waals surface area contributed by atoms with Crippen LogP contribution in [-0.2, 0) is 4.65 Å². The molecule has 0 aromatic carbocycles. The van der Waals surface area contributed by atoms with E-state index in [0.717, 1.165) is 0 Å². The lowest BCUT2D eigenvalue weighted by Gasteiger charge is -2.38. The minimum Gasteiger partial charge on any atom is -0.422 e. The van der Waals surface area contributed by atoms with E-state index < -0.39 is 18.3 Å². The highest BCUT2D eigenvalue weighted by Gasteiger charge is 2.39. The van der Waals surface area contributed by atoms with Gasteiger partial charge in [-0.15, -0.1) is 0 Å². The number of hydrogen-bond acceptors (Lipinski definition) is 5. The average Bonchev–Trinajstić information content (AvgIpc) is 2.15. The first-order valence-electron chi connectivity index (χ1n) is 5.43. The van der Waals surface area contributed by atoms with Crippen molar-refractivity contribution in [1.82, 2.24) is 4.98 Å². The summed E-state index contributed by atoms with van der Waals surface area (Å²) in [6.45, 7) is 6.63. The lowest BCUT2D eigenvalue weighted by molar-refractivity contribution is -0.0983. The van der Waals surface area contributed by atoms with Crippen LogP contribution in [0.4, 0.5) is 5.69 Å². The van der Waals surface area contributed by atoms with E-state index in [-0.39, 0.29) is 0 Å². The molecular formula is C11H19BN2O3. The smallest absolute Gasteiger partial charge is 0.422 e. The van der Waals surface area contributed by atoms with Crippen LogP contribution in [0.5, 0.6) is 0 Å². The second kappa shape index (κ2) is 4.64. The summed E-state index contributed by atoms with van der Waals surface area (Å²) in [5.74, 6) is 0.